The van der Waals surface area contributed by atoms with Gasteiger partial charge in [-0.25, -0.2) is 0 Å². The number of nitrogen functional groups attached to an aromatic ring is 1. The minimum absolute atomic E-state index is 0.0228. The molecule has 0 aliphatic heterocycles. The number of amides is 1. The quantitative estimate of drug-likeness (QED) is 0.751. The molecule has 0 saturated heterocycles. The van der Waals surface area contributed by atoms with Gasteiger partial charge in [-0.05, 0) is 43.0 Å². The number of fused-ring (bicyclic) bond motifs is 1. The van der Waals surface area contributed by atoms with Gasteiger partial charge in [-0.2, -0.15) is 0 Å². The summed E-state index contributed by atoms with van der Waals surface area (Å²) < 4.78 is 0. The highest BCUT2D eigenvalue weighted by atomic mass is 16.1. The lowest BCUT2D eigenvalue weighted by Gasteiger charge is -2.21. The van der Waals surface area contributed by atoms with Gasteiger partial charge in [-0.3, -0.25) is 4.79 Å². The molecule has 0 bridgehead atoms. The third kappa shape index (κ3) is 2.79. The molecular formula is C16H21N3O. The summed E-state index contributed by atoms with van der Waals surface area (Å²) in [4.78, 5) is 15.3. The number of aromatic amines is 1. The molecule has 1 fully saturated rings. The number of carbonyl (C=O) groups is 1. The number of hydrogen-bond donors (Lipinski definition) is 3. The van der Waals surface area contributed by atoms with Gasteiger partial charge in [-0.1, -0.05) is 19.3 Å². The third-order valence-corrected chi connectivity index (χ3v) is 4.17. The maximum absolute atomic E-state index is 12.2. The van der Waals surface area contributed by atoms with E-state index in [4.69, 9.17) is 5.73 Å². The van der Waals surface area contributed by atoms with Crippen LogP contribution in [0.5, 0.6) is 0 Å². The predicted molar refractivity (Wildman–Crippen MR) is 81.6 cm³/mol. The van der Waals surface area contributed by atoms with Crippen molar-refractivity contribution in [3.8, 4) is 0 Å². The van der Waals surface area contributed by atoms with Crippen LogP contribution in [0.2, 0.25) is 0 Å². The lowest BCUT2D eigenvalue weighted by atomic mass is 9.89. The van der Waals surface area contributed by atoms with Crippen LogP contribution in [0.1, 0.15) is 42.6 Å². The number of H-pyrrole nitrogens is 1. The van der Waals surface area contributed by atoms with Crippen LogP contribution in [0.3, 0.4) is 0 Å². The minimum atomic E-state index is -0.0228. The Morgan fingerprint density at radius 1 is 1.25 bits per heavy atom. The fraction of sp³-hybridized carbons (Fsp3) is 0.438. The molecule has 1 aromatic carbocycles. The van der Waals surface area contributed by atoms with E-state index in [0.29, 0.717) is 17.3 Å². The Morgan fingerprint density at radius 3 is 2.85 bits per heavy atom. The van der Waals surface area contributed by atoms with E-state index in [1.807, 2.05) is 24.3 Å². The minimum Gasteiger partial charge on any atom is -0.399 e. The van der Waals surface area contributed by atoms with Crippen LogP contribution < -0.4 is 11.1 Å². The van der Waals surface area contributed by atoms with Crippen molar-refractivity contribution in [1.82, 2.24) is 10.3 Å². The number of hydrogen-bond acceptors (Lipinski definition) is 2. The van der Waals surface area contributed by atoms with Crippen LogP contribution in [0, 0.1) is 5.92 Å². The van der Waals surface area contributed by atoms with Crippen LogP contribution in [0.4, 0.5) is 5.69 Å². The molecule has 0 unspecified atom stereocenters. The Bertz CT molecular complexity index is 611. The zero-order chi connectivity index (χ0) is 13.9. The second kappa shape index (κ2) is 5.57. The second-order valence-corrected chi connectivity index (χ2v) is 5.74. The highest BCUT2D eigenvalue weighted by Crippen LogP contribution is 2.23. The van der Waals surface area contributed by atoms with E-state index in [1.54, 1.807) is 0 Å². The molecule has 1 aliphatic carbocycles. The van der Waals surface area contributed by atoms with Crippen molar-refractivity contribution in [2.24, 2.45) is 5.92 Å². The molecular weight excluding hydrogens is 250 g/mol. The van der Waals surface area contributed by atoms with Gasteiger partial charge in [0.15, 0.2) is 0 Å². The van der Waals surface area contributed by atoms with E-state index in [2.05, 4.69) is 10.3 Å². The first kappa shape index (κ1) is 13.0. The number of anilines is 1. The number of nitrogens with one attached hydrogen (secondary N) is 2. The average molecular weight is 271 g/mol. The van der Waals surface area contributed by atoms with E-state index in [0.717, 1.165) is 17.4 Å². The van der Waals surface area contributed by atoms with Crippen LogP contribution in [0.15, 0.2) is 24.3 Å². The molecule has 0 atom stereocenters. The van der Waals surface area contributed by atoms with Crippen LogP contribution >= 0.6 is 0 Å². The standard InChI is InChI=1S/C16H21N3O/c17-13-6-7-14-12(8-13)9-15(19-14)16(20)18-10-11-4-2-1-3-5-11/h6-9,11,19H,1-5,10,17H2,(H,18,20). The topological polar surface area (TPSA) is 70.9 Å². The third-order valence-electron chi connectivity index (χ3n) is 4.17. The van der Waals surface area contributed by atoms with E-state index in [-0.39, 0.29) is 5.91 Å². The fourth-order valence-electron chi connectivity index (χ4n) is 3.00. The second-order valence-electron chi connectivity index (χ2n) is 5.74. The van der Waals surface area contributed by atoms with Crippen molar-refractivity contribution in [2.75, 3.05) is 12.3 Å². The average Bonchev–Trinajstić information content (AvgIpc) is 2.89. The van der Waals surface area contributed by atoms with Gasteiger partial charge in [0.05, 0.1) is 0 Å². The molecule has 1 aliphatic rings. The maximum Gasteiger partial charge on any atom is 0.267 e. The summed E-state index contributed by atoms with van der Waals surface area (Å²) in [6.45, 7) is 0.788. The lowest BCUT2D eigenvalue weighted by Crippen LogP contribution is -2.30. The summed E-state index contributed by atoms with van der Waals surface area (Å²) in [6, 6.07) is 7.48. The zero-order valence-corrected chi connectivity index (χ0v) is 11.6. The number of benzene rings is 1. The summed E-state index contributed by atoms with van der Waals surface area (Å²) in [5.74, 6) is 0.623. The molecule has 20 heavy (non-hydrogen) atoms. The van der Waals surface area contributed by atoms with E-state index >= 15 is 0 Å². The SMILES string of the molecule is Nc1ccc2[nH]c(C(=O)NCC3CCCCC3)cc2c1. The summed E-state index contributed by atoms with van der Waals surface area (Å²) >= 11 is 0. The summed E-state index contributed by atoms with van der Waals surface area (Å²) in [5, 5.41) is 4.02. The smallest absolute Gasteiger partial charge is 0.267 e. The van der Waals surface area contributed by atoms with Crippen molar-refractivity contribution in [3.05, 3.63) is 30.0 Å². The van der Waals surface area contributed by atoms with Crippen LogP contribution in [0.25, 0.3) is 10.9 Å². The first-order valence-electron chi connectivity index (χ1n) is 7.39. The Kier molecular flexibility index (Phi) is 3.63. The summed E-state index contributed by atoms with van der Waals surface area (Å²) in [7, 11) is 0. The molecule has 0 spiro atoms. The van der Waals surface area contributed by atoms with Crippen molar-refractivity contribution in [2.45, 2.75) is 32.1 Å². The Balaban J connectivity index is 1.65. The van der Waals surface area contributed by atoms with Crippen LogP contribution in [-0.2, 0) is 0 Å². The Morgan fingerprint density at radius 2 is 2.05 bits per heavy atom. The number of carbonyl (C=O) groups excluding carboxylic acids is 1. The molecule has 4 N–H and O–H groups in total. The number of aromatic nitrogens is 1. The van der Waals surface area contributed by atoms with E-state index in [9.17, 15) is 4.79 Å². The van der Waals surface area contributed by atoms with Crippen molar-refractivity contribution in [1.29, 1.82) is 0 Å². The van der Waals surface area contributed by atoms with E-state index < -0.39 is 0 Å². The first-order valence-corrected chi connectivity index (χ1v) is 7.39. The Labute approximate surface area is 118 Å². The highest BCUT2D eigenvalue weighted by molar-refractivity contribution is 5.98. The largest absolute Gasteiger partial charge is 0.399 e. The molecule has 1 heterocycles. The molecule has 4 heteroatoms. The zero-order valence-electron chi connectivity index (χ0n) is 11.6. The molecule has 4 nitrogen and oxygen atoms in total. The first-order chi connectivity index (χ1) is 9.72. The van der Waals surface area contributed by atoms with Gasteiger partial charge < -0.3 is 16.0 Å². The van der Waals surface area contributed by atoms with Crippen molar-refractivity contribution >= 4 is 22.5 Å². The Hall–Kier alpha value is -1.97. The molecule has 0 radical (unpaired) electrons. The maximum atomic E-state index is 12.2. The highest BCUT2D eigenvalue weighted by Gasteiger charge is 2.15. The van der Waals surface area contributed by atoms with Gasteiger partial charge in [0.25, 0.3) is 5.91 Å². The van der Waals surface area contributed by atoms with Crippen LogP contribution in [-0.4, -0.2) is 17.4 Å². The van der Waals surface area contributed by atoms with Gasteiger partial charge in [0.2, 0.25) is 0 Å². The summed E-state index contributed by atoms with van der Waals surface area (Å²) in [6.07, 6.45) is 6.42. The predicted octanol–water partition coefficient (Wildman–Crippen LogP) is 3.06. The van der Waals surface area contributed by atoms with Gasteiger partial charge in [-0.15, -0.1) is 0 Å². The van der Waals surface area contributed by atoms with Gasteiger partial charge in [0, 0.05) is 23.1 Å². The van der Waals surface area contributed by atoms with E-state index in [1.165, 1.54) is 32.1 Å². The van der Waals surface area contributed by atoms with Gasteiger partial charge in [0.1, 0.15) is 5.69 Å². The molecule has 106 valence electrons. The van der Waals surface area contributed by atoms with Crippen molar-refractivity contribution in [3.63, 3.8) is 0 Å². The normalized spacial score (nSPS) is 16.4. The lowest BCUT2D eigenvalue weighted by molar-refractivity contribution is 0.0939. The molecule has 1 saturated carbocycles. The monoisotopic (exact) mass is 271 g/mol. The number of nitrogens with two attached hydrogens (primary N) is 1. The molecule has 2 aromatic rings. The number of rotatable bonds is 3. The summed E-state index contributed by atoms with van der Waals surface area (Å²) in [5.41, 5.74) is 8.02. The van der Waals surface area contributed by atoms with Gasteiger partial charge >= 0.3 is 0 Å². The fourth-order valence-corrected chi connectivity index (χ4v) is 3.00. The molecule has 1 amide bonds. The van der Waals surface area contributed by atoms with Crippen molar-refractivity contribution < 1.29 is 4.79 Å². The molecule has 3 rings (SSSR count). The molecule has 1 aromatic heterocycles.